The molecule has 0 radical (unpaired) electrons. The van der Waals surface area contributed by atoms with Crippen molar-refractivity contribution in [3.63, 3.8) is 0 Å². The van der Waals surface area contributed by atoms with E-state index in [1.165, 1.54) is 7.11 Å². The third-order valence-corrected chi connectivity index (χ3v) is 3.55. The van der Waals surface area contributed by atoms with Crippen LogP contribution in [0.1, 0.15) is 16.2 Å². The van der Waals surface area contributed by atoms with Gasteiger partial charge in [0.25, 0.3) is 5.91 Å². The summed E-state index contributed by atoms with van der Waals surface area (Å²) in [5.74, 6) is 1.33. The fourth-order valence-corrected chi connectivity index (χ4v) is 2.43. The van der Waals surface area contributed by atoms with Crippen LogP contribution in [0.4, 0.5) is 5.69 Å². The van der Waals surface area contributed by atoms with Crippen molar-refractivity contribution in [1.29, 1.82) is 0 Å². The van der Waals surface area contributed by atoms with Gasteiger partial charge in [-0.15, -0.1) is 0 Å². The summed E-state index contributed by atoms with van der Waals surface area (Å²) in [5.41, 5.74) is 6.84. The maximum atomic E-state index is 12.6. The third kappa shape index (κ3) is 1.99. The molecule has 1 aliphatic heterocycles. The Balaban J connectivity index is 1.87. The minimum atomic E-state index is -0.0874. The first kappa shape index (κ1) is 12.5. The molecule has 1 amide bonds. The first-order valence-electron chi connectivity index (χ1n) is 6.42. The maximum Gasteiger partial charge on any atom is 0.256 e. The first-order valence-corrected chi connectivity index (χ1v) is 6.42. The van der Waals surface area contributed by atoms with E-state index >= 15 is 0 Å². The lowest BCUT2D eigenvalue weighted by atomic mass is 10.1. The van der Waals surface area contributed by atoms with E-state index in [9.17, 15) is 4.79 Å². The second kappa shape index (κ2) is 4.88. The molecular weight excluding hydrogens is 256 g/mol. The van der Waals surface area contributed by atoms with Crippen LogP contribution in [0.2, 0.25) is 0 Å². The largest absolute Gasteiger partial charge is 0.495 e. The zero-order valence-electron chi connectivity index (χ0n) is 11.2. The number of carbonyl (C=O) groups excluding carboxylic acids is 1. The molecule has 104 valence electrons. The molecule has 1 aliphatic rings. The average molecular weight is 272 g/mol. The van der Waals surface area contributed by atoms with Gasteiger partial charge in [-0.05, 0) is 12.1 Å². The summed E-state index contributed by atoms with van der Waals surface area (Å²) in [6.45, 7) is 1.91. The van der Waals surface area contributed by atoms with Crippen molar-refractivity contribution in [3.8, 4) is 5.75 Å². The average Bonchev–Trinajstić information content (AvgIpc) is 2.94. The van der Waals surface area contributed by atoms with E-state index in [2.05, 4.69) is 9.55 Å². The molecule has 3 rings (SSSR count). The Bertz CT molecular complexity index is 650. The number of methoxy groups -OCH3 is 1. The number of rotatable bonds is 2. The van der Waals surface area contributed by atoms with Gasteiger partial charge in [-0.25, -0.2) is 4.98 Å². The molecule has 2 heterocycles. The van der Waals surface area contributed by atoms with Crippen LogP contribution in [0.5, 0.6) is 5.75 Å². The molecule has 0 saturated heterocycles. The van der Waals surface area contributed by atoms with Crippen molar-refractivity contribution in [2.75, 3.05) is 19.4 Å². The van der Waals surface area contributed by atoms with Gasteiger partial charge in [-0.3, -0.25) is 4.79 Å². The van der Waals surface area contributed by atoms with Crippen molar-refractivity contribution >= 4 is 11.6 Å². The number of benzene rings is 1. The van der Waals surface area contributed by atoms with Crippen LogP contribution in [-0.2, 0) is 13.1 Å². The predicted octanol–water partition coefficient (Wildman–Crippen LogP) is 1.13. The molecule has 1 aromatic carbocycles. The SMILES string of the molecule is COc1cccc(C(=O)N2CCn3ccnc3C2)c1N. The summed E-state index contributed by atoms with van der Waals surface area (Å²) in [6.07, 6.45) is 3.68. The van der Waals surface area contributed by atoms with Gasteiger partial charge in [0.2, 0.25) is 0 Å². The predicted molar refractivity (Wildman–Crippen MR) is 74.4 cm³/mol. The van der Waals surface area contributed by atoms with Gasteiger partial charge in [0.15, 0.2) is 0 Å². The first-order chi connectivity index (χ1) is 9.70. The molecule has 20 heavy (non-hydrogen) atoms. The number of para-hydroxylation sites is 1. The quantitative estimate of drug-likeness (QED) is 0.832. The van der Waals surface area contributed by atoms with E-state index < -0.39 is 0 Å². The minimum Gasteiger partial charge on any atom is -0.495 e. The highest BCUT2D eigenvalue weighted by Crippen LogP contribution is 2.26. The molecule has 0 atom stereocenters. The summed E-state index contributed by atoms with van der Waals surface area (Å²) < 4.78 is 7.21. The standard InChI is InChI=1S/C14H16N4O2/c1-20-11-4-2-3-10(13(11)15)14(19)18-8-7-17-6-5-16-12(17)9-18/h2-6H,7-9,15H2,1H3. The van der Waals surface area contributed by atoms with E-state index in [1.807, 2.05) is 6.20 Å². The van der Waals surface area contributed by atoms with Crippen LogP contribution < -0.4 is 10.5 Å². The lowest BCUT2D eigenvalue weighted by Gasteiger charge is -2.28. The molecular formula is C14H16N4O2. The van der Waals surface area contributed by atoms with Crippen molar-refractivity contribution in [2.24, 2.45) is 0 Å². The molecule has 0 aliphatic carbocycles. The van der Waals surface area contributed by atoms with Crippen LogP contribution in [0.25, 0.3) is 0 Å². The van der Waals surface area contributed by atoms with Gasteiger partial charge in [-0.1, -0.05) is 6.07 Å². The highest BCUT2D eigenvalue weighted by atomic mass is 16.5. The van der Waals surface area contributed by atoms with E-state index in [4.69, 9.17) is 10.5 Å². The molecule has 6 nitrogen and oxygen atoms in total. The van der Waals surface area contributed by atoms with Gasteiger partial charge in [-0.2, -0.15) is 0 Å². The van der Waals surface area contributed by atoms with Gasteiger partial charge in [0, 0.05) is 25.5 Å². The molecule has 0 unspecified atom stereocenters. The molecule has 2 N–H and O–H groups in total. The number of amides is 1. The number of carbonyl (C=O) groups is 1. The van der Waals surface area contributed by atoms with Crippen LogP contribution in [0.3, 0.4) is 0 Å². The molecule has 0 saturated carbocycles. The number of nitrogens with two attached hydrogens (primary N) is 1. The van der Waals surface area contributed by atoms with Gasteiger partial charge >= 0.3 is 0 Å². The molecule has 1 aromatic heterocycles. The molecule has 2 aromatic rings. The number of anilines is 1. The third-order valence-electron chi connectivity index (χ3n) is 3.55. The number of ether oxygens (including phenoxy) is 1. The number of fused-ring (bicyclic) bond motifs is 1. The van der Waals surface area contributed by atoms with Crippen LogP contribution in [0.15, 0.2) is 30.6 Å². The lowest BCUT2D eigenvalue weighted by molar-refractivity contribution is 0.0708. The van der Waals surface area contributed by atoms with Crippen molar-refractivity contribution in [1.82, 2.24) is 14.5 Å². The monoisotopic (exact) mass is 272 g/mol. The Morgan fingerprint density at radius 1 is 1.40 bits per heavy atom. The fraction of sp³-hybridized carbons (Fsp3) is 0.286. The molecule has 0 bridgehead atoms. The number of imidazole rings is 1. The highest BCUT2D eigenvalue weighted by molar-refractivity contribution is 6.00. The molecule has 6 heteroatoms. The normalized spacial score (nSPS) is 13.9. The van der Waals surface area contributed by atoms with E-state index in [0.29, 0.717) is 30.1 Å². The fourth-order valence-electron chi connectivity index (χ4n) is 2.43. The van der Waals surface area contributed by atoms with Gasteiger partial charge < -0.3 is 19.9 Å². The summed E-state index contributed by atoms with van der Waals surface area (Å²) in [6, 6.07) is 5.24. The summed E-state index contributed by atoms with van der Waals surface area (Å²) in [4.78, 5) is 18.6. The van der Waals surface area contributed by atoms with Crippen molar-refractivity contribution < 1.29 is 9.53 Å². The number of hydrogen-bond acceptors (Lipinski definition) is 4. The second-order valence-corrected chi connectivity index (χ2v) is 4.69. The Labute approximate surface area is 116 Å². The Morgan fingerprint density at radius 2 is 2.25 bits per heavy atom. The number of nitrogens with zero attached hydrogens (tertiary/aromatic N) is 3. The van der Waals surface area contributed by atoms with E-state index in [1.54, 1.807) is 29.3 Å². The number of aromatic nitrogens is 2. The molecule has 0 spiro atoms. The number of nitrogen functional groups attached to an aromatic ring is 1. The zero-order chi connectivity index (χ0) is 14.1. The lowest BCUT2D eigenvalue weighted by Crippen LogP contribution is -2.38. The maximum absolute atomic E-state index is 12.6. The van der Waals surface area contributed by atoms with Gasteiger partial charge in [0.05, 0.1) is 24.9 Å². The smallest absolute Gasteiger partial charge is 0.256 e. The topological polar surface area (TPSA) is 73.4 Å². The summed E-state index contributed by atoms with van der Waals surface area (Å²) >= 11 is 0. The van der Waals surface area contributed by atoms with E-state index in [-0.39, 0.29) is 5.91 Å². The Hall–Kier alpha value is -2.50. The Morgan fingerprint density at radius 3 is 3.05 bits per heavy atom. The number of hydrogen-bond donors (Lipinski definition) is 1. The molecule has 0 fully saturated rings. The highest BCUT2D eigenvalue weighted by Gasteiger charge is 2.24. The summed E-state index contributed by atoms with van der Waals surface area (Å²) in [7, 11) is 1.54. The second-order valence-electron chi connectivity index (χ2n) is 4.69. The van der Waals surface area contributed by atoms with Gasteiger partial charge in [0.1, 0.15) is 11.6 Å². The van der Waals surface area contributed by atoms with Crippen LogP contribution >= 0.6 is 0 Å². The zero-order valence-corrected chi connectivity index (χ0v) is 11.2. The minimum absolute atomic E-state index is 0.0874. The van der Waals surface area contributed by atoms with Crippen molar-refractivity contribution in [2.45, 2.75) is 13.1 Å². The van der Waals surface area contributed by atoms with Crippen LogP contribution in [0, 0.1) is 0 Å². The van der Waals surface area contributed by atoms with Crippen LogP contribution in [-0.4, -0.2) is 34.0 Å². The van der Waals surface area contributed by atoms with Crippen molar-refractivity contribution in [3.05, 3.63) is 42.0 Å². The Kier molecular flexibility index (Phi) is 3.06. The summed E-state index contributed by atoms with van der Waals surface area (Å²) in [5, 5.41) is 0. The van der Waals surface area contributed by atoms with E-state index in [0.717, 1.165) is 12.4 Å².